The van der Waals surface area contributed by atoms with Gasteiger partial charge in [0.05, 0.1) is 4.90 Å². The average molecular weight is 303 g/mol. The summed E-state index contributed by atoms with van der Waals surface area (Å²) in [6, 6.07) is 8.93. The second kappa shape index (κ2) is 5.46. The van der Waals surface area contributed by atoms with E-state index in [-0.39, 0.29) is 6.54 Å². The van der Waals surface area contributed by atoms with Crippen LogP contribution in [-0.4, -0.2) is 19.9 Å². The van der Waals surface area contributed by atoms with Crippen molar-refractivity contribution in [2.45, 2.75) is 24.8 Å². The van der Waals surface area contributed by atoms with Crippen LogP contribution in [0.3, 0.4) is 0 Å². The predicted octanol–water partition coefficient (Wildman–Crippen LogP) is 1.84. The number of rotatable bonds is 4. The first-order valence-corrected chi connectivity index (χ1v) is 8.31. The van der Waals surface area contributed by atoms with Crippen LogP contribution in [0, 0.1) is 6.92 Å². The Morgan fingerprint density at radius 2 is 2.14 bits per heavy atom. The molecular formula is C15H17N3O2S. The van der Waals surface area contributed by atoms with Crippen LogP contribution in [-0.2, 0) is 23.0 Å². The molecule has 6 heteroatoms. The Bertz CT molecular complexity index is 755. The Balaban J connectivity index is 1.76. The summed E-state index contributed by atoms with van der Waals surface area (Å²) in [6.45, 7) is 3.00. The molecule has 1 aliphatic rings. The van der Waals surface area contributed by atoms with Crippen molar-refractivity contribution in [3.05, 3.63) is 53.3 Å². The Morgan fingerprint density at radius 1 is 1.29 bits per heavy atom. The number of anilines is 1. The molecule has 0 spiro atoms. The third-order valence-corrected chi connectivity index (χ3v) is 4.93. The van der Waals surface area contributed by atoms with Crippen LogP contribution in [0.4, 0.5) is 5.69 Å². The molecule has 0 aliphatic carbocycles. The van der Waals surface area contributed by atoms with E-state index < -0.39 is 10.0 Å². The van der Waals surface area contributed by atoms with Gasteiger partial charge >= 0.3 is 0 Å². The zero-order valence-corrected chi connectivity index (χ0v) is 12.6. The highest BCUT2D eigenvalue weighted by Crippen LogP contribution is 2.25. The van der Waals surface area contributed by atoms with Gasteiger partial charge in [0.15, 0.2) is 0 Å². The van der Waals surface area contributed by atoms with E-state index in [0.29, 0.717) is 4.90 Å². The molecule has 5 nitrogen and oxygen atoms in total. The summed E-state index contributed by atoms with van der Waals surface area (Å²) in [5.41, 5.74) is 3.83. The highest BCUT2D eigenvalue weighted by Gasteiger charge is 2.17. The zero-order valence-electron chi connectivity index (χ0n) is 11.8. The molecular weight excluding hydrogens is 286 g/mol. The van der Waals surface area contributed by atoms with Gasteiger partial charge in [0.2, 0.25) is 10.0 Å². The third-order valence-electron chi connectivity index (χ3n) is 3.54. The molecule has 0 bridgehead atoms. The fourth-order valence-electron chi connectivity index (χ4n) is 2.31. The van der Waals surface area contributed by atoms with Gasteiger partial charge in [0, 0.05) is 30.7 Å². The second-order valence-electron chi connectivity index (χ2n) is 5.13. The first-order chi connectivity index (χ1) is 10.0. The zero-order chi connectivity index (χ0) is 14.9. The third kappa shape index (κ3) is 3.06. The molecule has 0 radical (unpaired) electrons. The standard InChI is InChI=1S/C15H17N3O2S/c1-11-2-3-12(9-17-11)10-18-21(19,20)14-4-5-15-13(8-14)6-7-16-15/h2-5,8-9,16,18H,6-7,10H2,1H3. The van der Waals surface area contributed by atoms with E-state index in [9.17, 15) is 8.42 Å². The summed E-state index contributed by atoms with van der Waals surface area (Å²) in [5, 5.41) is 3.22. The summed E-state index contributed by atoms with van der Waals surface area (Å²) >= 11 is 0. The van der Waals surface area contributed by atoms with Gasteiger partial charge in [-0.2, -0.15) is 0 Å². The molecule has 1 aromatic carbocycles. The quantitative estimate of drug-likeness (QED) is 0.904. The van der Waals surface area contributed by atoms with E-state index in [4.69, 9.17) is 0 Å². The minimum atomic E-state index is -3.50. The molecule has 2 heterocycles. The molecule has 0 saturated heterocycles. The van der Waals surface area contributed by atoms with Gasteiger partial charge in [-0.3, -0.25) is 4.98 Å². The summed E-state index contributed by atoms with van der Waals surface area (Å²) in [4.78, 5) is 4.47. The summed E-state index contributed by atoms with van der Waals surface area (Å²) in [5.74, 6) is 0. The van der Waals surface area contributed by atoms with Gasteiger partial charge in [0.1, 0.15) is 0 Å². The minimum Gasteiger partial charge on any atom is -0.384 e. The smallest absolute Gasteiger partial charge is 0.240 e. The highest BCUT2D eigenvalue weighted by molar-refractivity contribution is 7.89. The lowest BCUT2D eigenvalue weighted by molar-refractivity contribution is 0.581. The largest absolute Gasteiger partial charge is 0.384 e. The van der Waals surface area contributed by atoms with E-state index in [1.807, 2.05) is 25.1 Å². The fourth-order valence-corrected chi connectivity index (χ4v) is 3.38. The van der Waals surface area contributed by atoms with E-state index in [0.717, 1.165) is 35.5 Å². The lowest BCUT2D eigenvalue weighted by Gasteiger charge is -2.08. The molecule has 110 valence electrons. The molecule has 2 aromatic rings. The maximum atomic E-state index is 12.3. The Morgan fingerprint density at radius 3 is 2.90 bits per heavy atom. The van der Waals surface area contributed by atoms with Crippen molar-refractivity contribution >= 4 is 15.7 Å². The summed E-state index contributed by atoms with van der Waals surface area (Å²) in [7, 11) is -3.50. The fraction of sp³-hybridized carbons (Fsp3) is 0.267. The van der Waals surface area contributed by atoms with Crippen LogP contribution in [0.25, 0.3) is 0 Å². The molecule has 0 amide bonds. The summed E-state index contributed by atoms with van der Waals surface area (Å²) < 4.78 is 27.3. The van der Waals surface area contributed by atoms with Crippen molar-refractivity contribution in [3.8, 4) is 0 Å². The second-order valence-corrected chi connectivity index (χ2v) is 6.90. The lowest BCUT2D eigenvalue weighted by Crippen LogP contribution is -2.23. The van der Waals surface area contributed by atoms with Gasteiger partial charge in [-0.15, -0.1) is 0 Å². The number of hydrogen-bond donors (Lipinski definition) is 2. The molecule has 2 N–H and O–H groups in total. The number of pyridine rings is 1. The monoisotopic (exact) mass is 303 g/mol. The molecule has 3 rings (SSSR count). The van der Waals surface area contributed by atoms with Gasteiger partial charge in [-0.25, -0.2) is 13.1 Å². The van der Waals surface area contributed by atoms with E-state index >= 15 is 0 Å². The van der Waals surface area contributed by atoms with Gasteiger partial charge in [-0.05, 0) is 48.7 Å². The number of nitrogens with one attached hydrogen (secondary N) is 2. The van der Waals surface area contributed by atoms with Crippen molar-refractivity contribution in [1.29, 1.82) is 0 Å². The maximum absolute atomic E-state index is 12.3. The SMILES string of the molecule is Cc1ccc(CNS(=O)(=O)c2ccc3c(c2)CCN3)cn1. The van der Waals surface area contributed by atoms with Crippen LogP contribution in [0.15, 0.2) is 41.4 Å². The Labute approximate surface area is 124 Å². The Hall–Kier alpha value is -1.92. The Kier molecular flexibility index (Phi) is 3.65. The molecule has 21 heavy (non-hydrogen) atoms. The molecule has 0 fully saturated rings. The van der Waals surface area contributed by atoms with Crippen LogP contribution in [0.5, 0.6) is 0 Å². The van der Waals surface area contributed by atoms with E-state index in [1.54, 1.807) is 18.3 Å². The normalized spacial score (nSPS) is 13.8. The maximum Gasteiger partial charge on any atom is 0.240 e. The van der Waals surface area contributed by atoms with Crippen molar-refractivity contribution in [2.24, 2.45) is 0 Å². The number of hydrogen-bond acceptors (Lipinski definition) is 4. The van der Waals surface area contributed by atoms with Crippen LogP contribution < -0.4 is 10.0 Å². The van der Waals surface area contributed by atoms with Gasteiger partial charge in [-0.1, -0.05) is 6.07 Å². The molecule has 0 unspecified atom stereocenters. The lowest BCUT2D eigenvalue weighted by atomic mass is 10.2. The molecule has 1 aliphatic heterocycles. The first-order valence-electron chi connectivity index (χ1n) is 6.82. The number of aromatic nitrogens is 1. The molecule has 0 saturated carbocycles. The van der Waals surface area contributed by atoms with Gasteiger partial charge < -0.3 is 5.32 Å². The highest BCUT2D eigenvalue weighted by atomic mass is 32.2. The first kappa shape index (κ1) is 14.0. The van der Waals surface area contributed by atoms with E-state index in [2.05, 4.69) is 15.0 Å². The van der Waals surface area contributed by atoms with Crippen molar-refractivity contribution in [3.63, 3.8) is 0 Å². The van der Waals surface area contributed by atoms with Crippen molar-refractivity contribution in [2.75, 3.05) is 11.9 Å². The van der Waals surface area contributed by atoms with Crippen molar-refractivity contribution < 1.29 is 8.42 Å². The number of sulfonamides is 1. The topological polar surface area (TPSA) is 71.1 Å². The minimum absolute atomic E-state index is 0.241. The van der Waals surface area contributed by atoms with E-state index in [1.165, 1.54) is 0 Å². The van der Waals surface area contributed by atoms with Crippen LogP contribution in [0.1, 0.15) is 16.8 Å². The number of benzene rings is 1. The van der Waals surface area contributed by atoms with Crippen LogP contribution >= 0.6 is 0 Å². The molecule has 1 aromatic heterocycles. The summed E-state index contributed by atoms with van der Waals surface area (Å²) in [6.07, 6.45) is 2.55. The molecule has 0 atom stereocenters. The predicted molar refractivity (Wildman–Crippen MR) is 81.6 cm³/mol. The average Bonchev–Trinajstić information content (AvgIpc) is 2.94. The number of fused-ring (bicyclic) bond motifs is 1. The van der Waals surface area contributed by atoms with Gasteiger partial charge in [0.25, 0.3) is 0 Å². The number of aryl methyl sites for hydroxylation is 1. The van der Waals surface area contributed by atoms with Crippen molar-refractivity contribution in [1.82, 2.24) is 9.71 Å². The number of nitrogens with zero attached hydrogens (tertiary/aromatic N) is 1. The van der Waals surface area contributed by atoms with Crippen LogP contribution in [0.2, 0.25) is 0 Å².